The monoisotopic (exact) mass is 428 g/mol. The van der Waals surface area contributed by atoms with Crippen LogP contribution in [0.4, 0.5) is 5.69 Å². The summed E-state index contributed by atoms with van der Waals surface area (Å²) in [5.41, 5.74) is 4.52. The number of fused-ring (bicyclic) bond motifs is 1. The van der Waals surface area contributed by atoms with Gasteiger partial charge in [0.15, 0.2) is 6.10 Å². The molecule has 0 aliphatic carbocycles. The highest BCUT2D eigenvalue weighted by molar-refractivity contribution is 5.97. The maximum Gasteiger partial charge on any atom is 0.258 e. The minimum atomic E-state index is -0.617. The van der Waals surface area contributed by atoms with Gasteiger partial charge in [-0.15, -0.1) is 0 Å². The second-order valence-corrected chi connectivity index (χ2v) is 8.17. The SMILES string of the molecule is CC(CCc1ccccc1)NC(=O)c1ccc(NC(=O)C2OCCc3ccccc32)cc1. The highest BCUT2D eigenvalue weighted by atomic mass is 16.5. The Morgan fingerprint density at radius 3 is 2.47 bits per heavy atom. The van der Waals surface area contributed by atoms with Crippen LogP contribution in [0.1, 0.15) is 46.5 Å². The van der Waals surface area contributed by atoms with Crippen molar-refractivity contribution >= 4 is 17.5 Å². The van der Waals surface area contributed by atoms with E-state index in [4.69, 9.17) is 4.74 Å². The van der Waals surface area contributed by atoms with Crippen LogP contribution in [0.15, 0.2) is 78.9 Å². The first-order valence-corrected chi connectivity index (χ1v) is 11.1. The molecule has 0 spiro atoms. The van der Waals surface area contributed by atoms with Crippen LogP contribution in [0.2, 0.25) is 0 Å². The van der Waals surface area contributed by atoms with Crippen LogP contribution in [0.5, 0.6) is 0 Å². The molecule has 32 heavy (non-hydrogen) atoms. The summed E-state index contributed by atoms with van der Waals surface area (Å²) < 4.78 is 5.72. The molecule has 0 fully saturated rings. The predicted molar refractivity (Wildman–Crippen MR) is 126 cm³/mol. The molecule has 4 rings (SSSR count). The van der Waals surface area contributed by atoms with Gasteiger partial charge in [-0.3, -0.25) is 9.59 Å². The fourth-order valence-electron chi connectivity index (χ4n) is 3.93. The number of hydrogen-bond acceptors (Lipinski definition) is 3. The van der Waals surface area contributed by atoms with Crippen molar-refractivity contribution < 1.29 is 14.3 Å². The summed E-state index contributed by atoms with van der Waals surface area (Å²) in [7, 11) is 0. The zero-order valence-corrected chi connectivity index (χ0v) is 18.2. The van der Waals surface area contributed by atoms with E-state index < -0.39 is 6.10 Å². The minimum absolute atomic E-state index is 0.0607. The van der Waals surface area contributed by atoms with Gasteiger partial charge in [0.05, 0.1) is 6.61 Å². The van der Waals surface area contributed by atoms with E-state index in [-0.39, 0.29) is 17.9 Å². The van der Waals surface area contributed by atoms with E-state index in [2.05, 4.69) is 22.8 Å². The first-order chi connectivity index (χ1) is 15.6. The lowest BCUT2D eigenvalue weighted by molar-refractivity contribution is -0.128. The third-order valence-corrected chi connectivity index (χ3v) is 5.73. The van der Waals surface area contributed by atoms with E-state index >= 15 is 0 Å². The van der Waals surface area contributed by atoms with Crippen LogP contribution in [0.3, 0.4) is 0 Å². The Bertz CT molecular complexity index is 1060. The molecule has 2 atom stereocenters. The molecule has 0 aromatic heterocycles. The van der Waals surface area contributed by atoms with E-state index in [0.717, 1.165) is 30.4 Å². The summed E-state index contributed by atoms with van der Waals surface area (Å²) in [5, 5.41) is 5.95. The normalized spacial score (nSPS) is 16.0. The fourth-order valence-corrected chi connectivity index (χ4v) is 3.93. The van der Waals surface area contributed by atoms with Gasteiger partial charge in [-0.25, -0.2) is 0 Å². The number of amides is 2. The Balaban J connectivity index is 1.31. The third-order valence-electron chi connectivity index (χ3n) is 5.73. The molecule has 1 heterocycles. The molecule has 3 aromatic rings. The Morgan fingerprint density at radius 1 is 0.969 bits per heavy atom. The topological polar surface area (TPSA) is 67.4 Å². The molecule has 2 unspecified atom stereocenters. The van der Waals surface area contributed by atoms with E-state index in [1.165, 1.54) is 5.56 Å². The van der Waals surface area contributed by atoms with Crippen molar-refractivity contribution in [2.24, 2.45) is 0 Å². The summed E-state index contributed by atoms with van der Waals surface area (Å²) in [6.45, 7) is 2.54. The quantitative estimate of drug-likeness (QED) is 0.574. The number of benzene rings is 3. The molecule has 1 aliphatic heterocycles. The van der Waals surface area contributed by atoms with Crippen molar-refractivity contribution in [2.45, 2.75) is 38.3 Å². The summed E-state index contributed by atoms with van der Waals surface area (Å²) in [6, 6.07) is 25.1. The van der Waals surface area contributed by atoms with Crippen molar-refractivity contribution in [1.29, 1.82) is 0 Å². The van der Waals surface area contributed by atoms with E-state index in [9.17, 15) is 9.59 Å². The van der Waals surface area contributed by atoms with Crippen molar-refractivity contribution in [3.63, 3.8) is 0 Å². The molecule has 0 saturated carbocycles. The molecule has 164 valence electrons. The average Bonchev–Trinajstić information content (AvgIpc) is 2.83. The van der Waals surface area contributed by atoms with Crippen molar-refractivity contribution in [3.8, 4) is 0 Å². The number of carbonyl (C=O) groups is 2. The number of aryl methyl sites for hydroxylation is 1. The number of anilines is 1. The predicted octanol–water partition coefficient (Wildman–Crippen LogP) is 4.69. The maximum atomic E-state index is 12.8. The smallest absolute Gasteiger partial charge is 0.258 e. The molecule has 3 aromatic carbocycles. The van der Waals surface area contributed by atoms with Gasteiger partial charge in [-0.05, 0) is 67.1 Å². The van der Waals surface area contributed by atoms with Crippen LogP contribution in [-0.4, -0.2) is 24.5 Å². The van der Waals surface area contributed by atoms with E-state index in [1.54, 1.807) is 24.3 Å². The Hall–Kier alpha value is -3.44. The third kappa shape index (κ3) is 5.42. The van der Waals surface area contributed by atoms with Gasteiger partial charge in [0, 0.05) is 17.3 Å². The lowest BCUT2D eigenvalue weighted by Crippen LogP contribution is -2.32. The van der Waals surface area contributed by atoms with Gasteiger partial charge in [0.1, 0.15) is 0 Å². The molecule has 1 aliphatic rings. The van der Waals surface area contributed by atoms with Gasteiger partial charge in [-0.2, -0.15) is 0 Å². The zero-order chi connectivity index (χ0) is 22.3. The molecule has 0 saturated heterocycles. The zero-order valence-electron chi connectivity index (χ0n) is 18.2. The molecule has 5 nitrogen and oxygen atoms in total. The average molecular weight is 429 g/mol. The summed E-state index contributed by atoms with van der Waals surface area (Å²) in [5.74, 6) is -0.322. The molecule has 2 amide bonds. The molecule has 5 heteroatoms. The Kier molecular flexibility index (Phi) is 6.97. The molecular formula is C27H28N2O3. The molecule has 0 radical (unpaired) electrons. The van der Waals surface area contributed by atoms with Crippen LogP contribution in [0, 0.1) is 0 Å². The van der Waals surface area contributed by atoms with Gasteiger partial charge in [0.2, 0.25) is 0 Å². The van der Waals surface area contributed by atoms with Gasteiger partial charge in [0.25, 0.3) is 11.8 Å². The number of carbonyl (C=O) groups excluding carboxylic acids is 2. The van der Waals surface area contributed by atoms with Crippen LogP contribution < -0.4 is 10.6 Å². The molecule has 0 bridgehead atoms. The first-order valence-electron chi connectivity index (χ1n) is 11.1. The van der Waals surface area contributed by atoms with E-state index in [0.29, 0.717) is 17.9 Å². The summed E-state index contributed by atoms with van der Waals surface area (Å²) in [4.78, 5) is 25.3. The number of rotatable bonds is 7. The van der Waals surface area contributed by atoms with Crippen molar-refractivity contribution in [1.82, 2.24) is 5.32 Å². The lowest BCUT2D eigenvalue weighted by atomic mass is 9.97. The van der Waals surface area contributed by atoms with Crippen molar-refractivity contribution in [3.05, 3.63) is 101 Å². The first kappa shape index (κ1) is 21.8. The Morgan fingerprint density at radius 2 is 1.69 bits per heavy atom. The van der Waals surface area contributed by atoms with Gasteiger partial charge in [-0.1, -0.05) is 54.6 Å². The maximum absolute atomic E-state index is 12.8. The standard InChI is InChI=1S/C27H28N2O3/c1-19(11-12-20-7-3-2-4-8-20)28-26(30)22-13-15-23(16-14-22)29-27(31)25-24-10-6-5-9-21(24)17-18-32-25/h2-10,13-16,19,25H,11-12,17-18H2,1H3,(H,28,30)(H,29,31). The van der Waals surface area contributed by atoms with Crippen LogP contribution >= 0.6 is 0 Å². The second kappa shape index (κ2) is 10.2. The highest BCUT2D eigenvalue weighted by Crippen LogP contribution is 2.28. The molecule has 2 N–H and O–H groups in total. The van der Waals surface area contributed by atoms with E-state index in [1.807, 2.05) is 49.4 Å². The number of ether oxygens (including phenoxy) is 1. The molecular weight excluding hydrogens is 400 g/mol. The summed E-state index contributed by atoms with van der Waals surface area (Å²) in [6.07, 6.45) is 1.98. The number of nitrogens with one attached hydrogen (secondary N) is 2. The Labute approximate surface area is 188 Å². The van der Waals surface area contributed by atoms with Crippen molar-refractivity contribution in [2.75, 3.05) is 11.9 Å². The lowest BCUT2D eigenvalue weighted by Gasteiger charge is -2.25. The minimum Gasteiger partial charge on any atom is -0.363 e. The number of hydrogen-bond donors (Lipinski definition) is 2. The second-order valence-electron chi connectivity index (χ2n) is 8.17. The fraction of sp³-hybridized carbons (Fsp3) is 0.259. The van der Waals surface area contributed by atoms with Crippen LogP contribution in [0.25, 0.3) is 0 Å². The largest absolute Gasteiger partial charge is 0.363 e. The van der Waals surface area contributed by atoms with Crippen LogP contribution in [-0.2, 0) is 22.4 Å². The highest BCUT2D eigenvalue weighted by Gasteiger charge is 2.27. The summed E-state index contributed by atoms with van der Waals surface area (Å²) >= 11 is 0. The van der Waals surface area contributed by atoms with Gasteiger partial charge < -0.3 is 15.4 Å². The van der Waals surface area contributed by atoms with Gasteiger partial charge >= 0.3 is 0 Å².